The molecule has 0 radical (unpaired) electrons. The molecule has 0 saturated heterocycles. The van der Waals surface area contributed by atoms with Crippen LogP contribution in [0.3, 0.4) is 0 Å². The van der Waals surface area contributed by atoms with E-state index in [-0.39, 0.29) is 0 Å². The second-order valence-electron chi connectivity index (χ2n) is 3.99. The van der Waals surface area contributed by atoms with Crippen molar-refractivity contribution in [2.45, 2.75) is 6.54 Å². The molecule has 0 saturated carbocycles. The molecule has 1 N–H and O–H groups in total. The van der Waals surface area contributed by atoms with Gasteiger partial charge in [-0.3, -0.25) is 0 Å². The fourth-order valence-electron chi connectivity index (χ4n) is 1.70. The van der Waals surface area contributed by atoms with Crippen molar-refractivity contribution in [3.8, 4) is 10.6 Å². The molecule has 0 spiro atoms. The average molecular weight is 351 g/mol. The van der Waals surface area contributed by atoms with Gasteiger partial charge < -0.3 is 5.32 Å². The molecule has 2 heterocycles. The van der Waals surface area contributed by atoms with Gasteiger partial charge in [0.2, 0.25) is 0 Å². The first-order valence-electron chi connectivity index (χ1n) is 5.78. The Morgan fingerprint density at radius 3 is 2.84 bits per heavy atom. The van der Waals surface area contributed by atoms with Gasteiger partial charge in [-0.1, -0.05) is 12.1 Å². The molecule has 0 bridgehead atoms. The van der Waals surface area contributed by atoms with Gasteiger partial charge in [0.25, 0.3) is 0 Å². The fraction of sp³-hybridized carbons (Fsp3) is 0.0714. The van der Waals surface area contributed by atoms with Gasteiger partial charge >= 0.3 is 0 Å². The van der Waals surface area contributed by atoms with E-state index in [1.165, 1.54) is 5.56 Å². The van der Waals surface area contributed by atoms with Crippen LogP contribution in [0.25, 0.3) is 10.6 Å². The van der Waals surface area contributed by atoms with E-state index in [9.17, 15) is 0 Å². The molecule has 5 heteroatoms. The molecule has 0 aliphatic carbocycles. The van der Waals surface area contributed by atoms with E-state index in [0.29, 0.717) is 0 Å². The van der Waals surface area contributed by atoms with Crippen LogP contribution >= 0.6 is 38.6 Å². The van der Waals surface area contributed by atoms with Crippen LogP contribution in [0.15, 0.2) is 50.9 Å². The smallest absolute Gasteiger partial charge is 0.124 e. The number of benzene rings is 1. The summed E-state index contributed by atoms with van der Waals surface area (Å²) in [6.07, 6.45) is 0. The summed E-state index contributed by atoms with van der Waals surface area (Å²) in [7, 11) is 0. The minimum atomic E-state index is 0.739. The highest BCUT2D eigenvalue weighted by molar-refractivity contribution is 9.10. The van der Waals surface area contributed by atoms with Gasteiger partial charge in [0, 0.05) is 26.5 Å². The van der Waals surface area contributed by atoms with Gasteiger partial charge in [-0.15, -0.1) is 11.3 Å². The maximum atomic E-state index is 4.64. The lowest BCUT2D eigenvalue weighted by Crippen LogP contribution is -2.00. The summed E-state index contributed by atoms with van der Waals surface area (Å²) in [5.41, 5.74) is 3.37. The summed E-state index contributed by atoms with van der Waals surface area (Å²) in [4.78, 5) is 4.64. The summed E-state index contributed by atoms with van der Waals surface area (Å²) >= 11 is 6.92. The number of aromatic nitrogens is 1. The van der Waals surface area contributed by atoms with E-state index in [1.807, 2.05) is 18.2 Å². The Morgan fingerprint density at radius 2 is 2.05 bits per heavy atom. The molecule has 0 fully saturated rings. The molecule has 0 aliphatic heterocycles. The molecule has 2 nitrogen and oxygen atoms in total. The van der Waals surface area contributed by atoms with Crippen LogP contribution in [-0.2, 0) is 6.54 Å². The first-order valence-corrected chi connectivity index (χ1v) is 8.40. The zero-order chi connectivity index (χ0) is 13.1. The lowest BCUT2D eigenvalue weighted by atomic mass is 10.3. The van der Waals surface area contributed by atoms with Crippen molar-refractivity contribution in [2.24, 2.45) is 0 Å². The van der Waals surface area contributed by atoms with Gasteiger partial charge in [0.15, 0.2) is 0 Å². The Hall–Kier alpha value is -1.17. The Balaban J connectivity index is 1.70. The van der Waals surface area contributed by atoms with Crippen molar-refractivity contribution in [1.82, 2.24) is 4.98 Å². The van der Waals surface area contributed by atoms with Crippen molar-refractivity contribution < 1.29 is 0 Å². The fourth-order valence-corrected chi connectivity index (χ4v) is 3.65. The monoisotopic (exact) mass is 350 g/mol. The third kappa shape index (κ3) is 3.05. The highest BCUT2D eigenvalue weighted by Crippen LogP contribution is 2.26. The summed E-state index contributed by atoms with van der Waals surface area (Å²) in [6, 6.07) is 10.2. The molecular weight excluding hydrogens is 340 g/mol. The minimum Gasteiger partial charge on any atom is -0.378 e. The first-order chi connectivity index (χ1) is 9.33. The predicted molar refractivity (Wildman–Crippen MR) is 86.9 cm³/mol. The summed E-state index contributed by atoms with van der Waals surface area (Å²) in [5, 5.41) is 10.8. The van der Waals surface area contributed by atoms with Crippen molar-refractivity contribution in [3.05, 3.63) is 56.6 Å². The number of nitrogens with zero attached hydrogens (tertiary/aromatic N) is 1. The lowest BCUT2D eigenvalue weighted by molar-refractivity contribution is 1.07. The molecular formula is C14H11BrN2S2. The number of para-hydroxylation sites is 1. The Labute approximate surface area is 128 Å². The number of rotatable bonds is 4. The zero-order valence-electron chi connectivity index (χ0n) is 9.97. The van der Waals surface area contributed by atoms with Crippen molar-refractivity contribution in [3.63, 3.8) is 0 Å². The Kier molecular flexibility index (Phi) is 3.96. The van der Waals surface area contributed by atoms with Crippen LogP contribution in [-0.4, -0.2) is 4.98 Å². The first kappa shape index (κ1) is 12.8. The van der Waals surface area contributed by atoms with Gasteiger partial charge in [0.1, 0.15) is 5.01 Å². The van der Waals surface area contributed by atoms with E-state index in [1.54, 1.807) is 22.7 Å². The van der Waals surface area contributed by atoms with E-state index in [4.69, 9.17) is 0 Å². The minimum absolute atomic E-state index is 0.739. The lowest BCUT2D eigenvalue weighted by Gasteiger charge is -2.06. The Morgan fingerprint density at radius 1 is 1.16 bits per heavy atom. The van der Waals surface area contributed by atoms with Gasteiger partial charge in [0.05, 0.1) is 12.2 Å². The molecule has 0 unspecified atom stereocenters. The highest BCUT2D eigenvalue weighted by atomic mass is 79.9. The quantitative estimate of drug-likeness (QED) is 0.695. The maximum absolute atomic E-state index is 4.64. The number of hydrogen-bond donors (Lipinski definition) is 1. The maximum Gasteiger partial charge on any atom is 0.124 e. The van der Waals surface area contributed by atoms with Crippen LogP contribution in [0.4, 0.5) is 5.69 Å². The summed E-state index contributed by atoms with van der Waals surface area (Å²) < 4.78 is 1.07. The van der Waals surface area contributed by atoms with Crippen LogP contribution in [0.5, 0.6) is 0 Å². The van der Waals surface area contributed by atoms with Gasteiger partial charge in [-0.2, -0.15) is 11.3 Å². The SMILES string of the molecule is Brc1ccccc1NCc1csc(-c2ccsc2)n1. The van der Waals surface area contributed by atoms with E-state index >= 15 is 0 Å². The van der Waals surface area contributed by atoms with Crippen molar-refractivity contribution in [1.29, 1.82) is 0 Å². The third-order valence-electron chi connectivity index (χ3n) is 2.65. The molecule has 1 aromatic carbocycles. The number of hydrogen-bond acceptors (Lipinski definition) is 4. The second-order valence-corrected chi connectivity index (χ2v) is 6.48. The molecule has 0 atom stereocenters. The van der Waals surface area contributed by atoms with Gasteiger partial charge in [-0.05, 0) is 39.5 Å². The third-order valence-corrected chi connectivity index (χ3v) is 4.97. The zero-order valence-corrected chi connectivity index (χ0v) is 13.2. The second kappa shape index (κ2) is 5.86. The summed E-state index contributed by atoms with van der Waals surface area (Å²) in [6.45, 7) is 0.739. The van der Waals surface area contributed by atoms with Crippen LogP contribution in [0.1, 0.15) is 5.69 Å². The number of halogens is 1. The molecule has 3 aromatic rings. The number of thiazole rings is 1. The van der Waals surface area contributed by atoms with Crippen LogP contribution in [0, 0.1) is 0 Å². The average Bonchev–Trinajstić information content (AvgIpc) is 3.09. The topological polar surface area (TPSA) is 24.9 Å². The molecule has 2 aromatic heterocycles. The van der Waals surface area contributed by atoms with E-state index in [2.05, 4.69) is 54.5 Å². The number of anilines is 1. The normalized spacial score (nSPS) is 10.6. The molecule has 19 heavy (non-hydrogen) atoms. The molecule has 96 valence electrons. The molecule has 3 rings (SSSR count). The van der Waals surface area contributed by atoms with Crippen molar-refractivity contribution in [2.75, 3.05) is 5.32 Å². The van der Waals surface area contributed by atoms with Crippen molar-refractivity contribution >= 4 is 44.3 Å². The standard InChI is InChI=1S/C14H11BrN2S2/c15-12-3-1-2-4-13(12)16-7-11-9-19-14(17-11)10-5-6-18-8-10/h1-6,8-9,16H,7H2. The van der Waals surface area contributed by atoms with E-state index in [0.717, 1.165) is 27.4 Å². The summed E-state index contributed by atoms with van der Waals surface area (Å²) in [5.74, 6) is 0. The predicted octanol–water partition coefficient (Wildman–Crippen LogP) is 5.25. The van der Waals surface area contributed by atoms with Crippen LogP contribution < -0.4 is 5.32 Å². The van der Waals surface area contributed by atoms with Gasteiger partial charge in [-0.25, -0.2) is 4.98 Å². The molecule has 0 aliphatic rings. The van der Waals surface area contributed by atoms with E-state index < -0.39 is 0 Å². The highest BCUT2D eigenvalue weighted by Gasteiger charge is 2.05. The number of nitrogens with one attached hydrogen (secondary N) is 1. The molecule has 0 amide bonds. The largest absolute Gasteiger partial charge is 0.378 e. The number of thiophene rings is 1. The Bertz CT molecular complexity index is 662. The van der Waals surface area contributed by atoms with Crippen LogP contribution in [0.2, 0.25) is 0 Å².